The molecule has 4 aromatic heterocycles. The fourth-order valence-corrected chi connectivity index (χ4v) is 3.74. The second kappa shape index (κ2) is 6.05. The van der Waals surface area contributed by atoms with Gasteiger partial charge in [-0.15, -0.1) is 0 Å². The van der Waals surface area contributed by atoms with Crippen molar-refractivity contribution in [1.29, 1.82) is 0 Å². The molecule has 8 heteroatoms. The lowest BCUT2D eigenvalue weighted by Crippen LogP contribution is -2.26. The summed E-state index contributed by atoms with van der Waals surface area (Å²) in [7, 11) is 0. The number of fused-ring (bicyclic) bond motifs is 2. The molecule has 1 aliphatic heterocycles. The van der Waals surface area contributed by atoms with Gasteiger partial charge in [0.15, 0.2) is 0 Å². The van der Waals surface area contributed by atoms with Gasteiger partial charge in [0.25, 0.3) is 0 Å². The van der Waals surface area contributed by atoms with Gasteiger partial charge in [0.1, 0.15) is 17.0 Å². The number of imidazole rings is 2. The number of rotatable bonds is 3. The van der Waals surface area contributed by atoms with Crippen LogP contribution in [0.3, 0.4) is 0 Å². The predicted octanol–water partition coefficient (Wildman–Crippen LogP) is 3.01. The van der Waals surface area contributed by atoms with E-state index in [1.54, 1.807) is 18.0 Å². The van der Waals surface area contributed by atoms with Crippen LogP contribution in [0, 0.1) is 0 Å². The monoisotopic (exact) mass is 375 g/mol. The molecule has 0 aliphatic carbocycles. The van der Waals surface area contributed by atoms with E-state index in [1.165, 1.54) is 0 Å². The lowest BCUT2D eigenvalue weighted by molar-refractivity contribution is -0.116. The highest BCUT2D eigenvalue weighted by Crippen LogP contribution is 2.37. The van der Waals surface area contributed by atoms with E-state index in [9.17, 15) is 4.79 Å². The van der Waals surface area contributed by atoms with E-state index in [0.29, 0.717) is 19.0 Å². The lowest BCUT2D eigenvalue weighted by atomic mass is 10.1. The number of anilines is 1. The molecule has 1 aliphatic rings. The molecule has 8 nitrogen and oxygen atoms in total. The highest BCUT2D eigenvalue weighted by atomic mass is 16.2. The van der Waals surface area contributed by atoms with Crippen LogP contribution in [0.2, 0.25) is 0 Å². The van der Waals surface area contributed by atoms with E-state index in [2.05, 4.69) is 23.4 Å². The third-order valence-corrected chi connectivity index (χ3v) is 5.16. The Morgan fingerprint density at radius 1 is 1.14 bits per heavy atom. The van der Waals surface area contributed by atoms with Gasteiger partial charge in [-0.05, 0) is 32.0 Å². The quantitative estimate of drug-likeness (QED) is 0.552. The largest absolute Gasteiger partial charge is 0.307 e. The number of pyridine rings is 1. The Morgan fingerprint density at radius 2 is 2.00 bits per heavy atom. The maximum atomic E-state index is 12.1. The number of amides is 1. The topological polar surface area (TPSA) is 73.2 Å². The Hall–Kier alpha value is -3.42. The van der Waals surface area contributed by atoms with Crippen LogP contribution in [0.5, 0.6) is 0 Å². The molecule has 0 N–H and O–H groups in total. The molecule has 0 bridgehead atoms. The summed E-state index contributed by atoms with van der Waals surface area (Å²) < 4.78 is 6.03. The molecule has 0 radical (unpaired) electrons. The van der Waals surface area contributed by atoms with Crippen LogP contribution in [-0.2, 0) is 11.3 Å². The molecular weight excluding hydrogens is 354 g/mol. The van der Waals surface area contributed by atoms with Crippen LogP contribution in [0.25, 0.3) is 28.3 Å². The van der Waals surface area contributed by atoms with Gasteiger partial charge in [0.2, 0.25) is 11.9 Å². The Kier molecular flexibility index (Phi) is 3.61. The molecule has 0 saturated carbocycles. The molecule has 0 unspecified atom stereocenters. The molecule has 0 fully saturated rings. The molecule has 0 spiro atoms. The predicted molar refractivity (Wildman–Crippen MR) is 106 cm³/mol. The zero-order chi connectivity index (χ0) is 19.4. The molecule has 5 rings (SSSR count). The molecule has 28 heavy (non-hydrogen) atoms. The van der Waals surface area contributed by atoms with Gasteiger partial charge in [-0.25, -0.2) is 9.97 Å². The van der Waals surface area contributed by atoms with Gasteiger partial charge in [-0.3, -0.25) is 14.4 Å². The summed E-state index contributed by atoms with van der Waals surface area (Å²) in [5.74, 6) is 0.682. The number of aromatic nitrogens is 6. The van der Waals surface area contributed by atoms with E-state index >= 15 is 0 Å². The van der Waals surface area contributed by atoms with Crippen molar-refractivity contribution in [3.05, 3.63) is 43.0 Å². The van der Waals surface area contributed by atoms with Crippen molar-refractivity contribution in [3.63, 3.8) is 0 Å². The van der Waals surface area contributed by atoms with Crippen LogP contribution >= 0.6 is 0 Å². The van der Waals surface area contributed by atoms with E-state index < -0.39 is 0 Å². The minimum absolute atomic E-state index is 0.000351. The summed E-state index contributed by atoms with van der Waals surface area (Å²) in [5.41, 5.74) is 4.48. The zero-order valence-electron chi connectivity index (χ0n) is 16.1. The molecule has 5 heterocycles. The second-order valence-corrected chi connectivity index (χ2v) is 7.32. The summed E-state index contributed by atoms with van der Waals surface area (Å²) >= 11 is 0. The minimum atomic E-state index is -0.000351. The van der Waals surface area contributed by atoms with Crippen LogP contribution < -0.4 is 4.90 Å². The molecule has 1 amide bonds. The first-order chi connectivity index (χ1) is 13.5. The van der Waals surface area contributed by atoms with Crippen LogP contribution in [0.1, 0.15) is 26.8 Å². The first-order valence-electron chi connectivity index (χ1n) is 9.40. The molecule has 4 aromatic rings. The van der Waals surface area contributed by atoms with Crippen LogP contribution in [-0.4, -0.2) is 41.2 Å². The fourth-order valence-electron chi connectivity index (χ4n) is 3.74. The van der Waals surface area contributed by atoms with Crippen molar-refractivity contribution >= 4 is 17.5 Å². The summed E-state index contributed by atoms with van der Waals surface area (Å²) in [4.78, 5) is 23.0. The number of hydrogen-bond acceptors (Lipinski definition) is 4. The standard InChI is InChI=1S/C20H21N7O/c1-13(2)27-8-6-16(23-27)18-19(15-4-5-17-21-7-9-24(17)12-15)26-11-10-25(14(3)28)20(26)22-18/h4-9,12-13H,10-11H2,1-3H3. The van der Waals surface area contributed by atoms with Gasteiger partial charge in [-0.2, -0.15) is 5.10 Å². The highest BCUT2D eigenvalue weighted by molar-refractivity contribution is 5.92. The zero-order valence-corrected chi connectivity index (χ0v) is 16.1. The van der Waals surface area contributed by atoms with Crippen molar-refractivity contribution in [1.82, 2.24) is 28.7 Å². The van der Waals surface area contributed by atoms with Crippen molar-refractivity contribution < 1.29 is 4.79 Å². The Bertz CT molecular complexity index is 1200. The molecule has 0 saturated heterocycles. The summed E-state index contributed by atoms with van der Waals surface area (Å²) in [6.45, 7) is 7.11. The van der Waals surface area contributed by atoms with Gasteiger partial charge in [0.05, 0.1) is 5.69 Å². The van der Waals surface area contributed by atoms with Crippen molar-refractivity contribution in [2.75, 3.05) is 11.4 Å². The van der Waals surface area contributed by atoms with Gasteiger partial charge in [0, 0.05) is 56.4 Å². The summed E-state index contributed by atoms with van der Waals surface area (Å²) in [6, 6.07) is 6.29. The first kappa shape index (κ1) is 16.7. The average Bonchev–Trinajstić information content (AvgIpc) is 3.41. The number of carbonyl (C=O) groups excluding carboxylic acids is 1. The first-order valence-corrected chi connectivity index (χ1v) is 9.40. The van der Waals surface area contributed by atoms with E-state index in [4.69, 9.17) is 10.1 Å². The molecule has 0 aromatic carbocycles. The lowest BCUT2D eigenvalue weighted by Gasteiger charge is -2.09. The van der Waals surface area contributed by atoms with Crippen molar-refractivity contribution in [3.8, 4) is 22.6 Å². The number of hydrogen-bond donors (Lipinski definition) is 0. The van der Waals surface area contributed by atoms with E-state index in [0.717, 1.165) is 28.3 Å². The maximum absolute atomic E-state index is 12.1. The van der Waals surface area contributed by atoms with Crippen LogP contribution in [0.15, 0.2) is 43.0 Å². The van der Waals surface area contributed by atoms with E-state index in [1.807, 2.05) is 45.9 Å². The third-order valence-electron chi connectivity index (χ3n) is 5.16. The van der Waals surface area contributed by atoms with Gasteiger partial charge < -0.3 is 8.97 Å². The van der Waals surface area contributed by atoms with Gasteiger partial charge in [-0.1, -0.05) is 0 Å². The number of nitrogens with zero attached hydrogens (tertiary/aromatic N) is 7. The smallest absolute Gasteiger partial charge is 0.226 e. The Balaban J connectivity index is 1.73. The van der Waals surface area contributed by atoms with Crippen LogP contribution in [0.4, 0.5) is 5.95 Å². The van der Waals surface area contributed by atoms with E-state index in [-0.39, 0.29) is 11.9 Å². The van der Waals surface area contributed by atoms with Crippen molar-refractivity contribution in [2.24, 2.45) is 0 Å². The minimum Gasteiger partial charge on any atom is -0.307 e. The third kappa shape index (κ3) is 2.45. The SMILES string of the molecule is CC(=O)N1CCn2c1nc(-c1ccn(C(C)C)n1)c2-c1ccc2nccn2c1. The summed E-state index contributed by atoms with van der Waals surface area (Å²) in [5, 5.41) is 4.72. The molecular formula is C20H21N7O. The Morgan fingerprint density at radius 3 is 2.75 bits per heavy atom. The highest BCUT2D eigenvalue weighted by Gasteiger charge is 2.31. The number of carbonyl (C=O) groups is 1. The molecule has 142 valence electrons. The average molecular weight is 375 g/mol. The fraction of sp³-hybridized carbons (Fsp3) is 0.300. The maximum Gasteiger partial charge on any atom is 0.226 e. The van der Waals surface area contributed by atoms with Gasteiger partial charge >= 0.3 is 0 Å². The second-order valence-electron chi connectivity index (χ2n) is 7.32. The summed E-state index contributed by atoms with van der Waals surface area (Å²) in [6.07, 6.45) is 7.72. The molecule has 0 atom stereocenters. The van der Waals surface area contributed by atoms with Crippen molar-refractivity contribution in [2.45, 2.75) is 33.4 Å². The normalized spacial score (nSPS) is 13.6. The Labute approximate surface area is 162 Å².